The first-order chi connectivity index (χ1) is 10.2. The third kappa shape index (κ3) is 6.67. The van der Waals surface area contributed by atoms with Crippen LogP contribution in [0.4, 0.5) is 13.2 Å². The lowest BCUT2D eigenvalue weighted by Crippen LogP contribution is -2.40. The molecular weight excluding hydrogens is 341 g/mol. The average molecular weight is 355 g/mol. The van der Waals surface area contributed by atoms with Gasteiger partial charge >= 0.3 is 12.1 Å². The number of halogens is 4. The molecule has 3 N–H and O–H groups in total. The number of thioether (sulfide) groups is 1. The van der Waals surface area contributed by atoms with Crippen molar-refractivity contribution in [3.05, 3.63) is 34.9 Å². The van der Waals surface area contributed by atoms with Gasteiger partial charge in [0.1, 0.15) is 0 Å². The van der Waals surface area contributed by atoms with E-state index in [4.69, 9.17) is 17.3 Å². The van der Waals surface area contributed by atoms with E-state index in [1.807, 2.05) is 0 Å². The van der Waals surface area contributed by atoms with Crippen LogP contribution in [0.2, 0.25) is 5.02 Å². The molecule has 4 nitrogen and oxygen atoms in total. The number of rotatable bonds is 6. The van der Waals surface area contributed by atoms with E-state index in [9.17, 15) is 22.8 Å². The lowest BCUT2D eigenvalue weighted by Gasteiger charge is -2.12. The summed E-state index contributed by atoms with van der Waals surface area (Å²) >= 11 is 6.70. The minimum atomic E-state index is -4.93. The second-order valence-corrected chi connectivity index (χ2v) is 5.80. The molecule has 1 amide bonds. The molecule has 0 saturated carbocycles. The van der Waals surface area contributed by atoms with Gasteiger partial charge in [-0.25, -0.2) is 0 Å². The molecule has 0 aliphatic heterocycles. The number of amides is 1. The first-order valence-electron chi connectivity index (χ1n) is 6.22. The molecule has 0 radical (unpaired) electrons. The summed E-state index contributed by atoms with van der Waals surface area (Å²) in [7, 11) is 0. The molecule has 0 heterocycles. The lowest BCUT2D eigenvalue weighted by molar-refractivity contribution is -0.173. The molecule has 1 aromatic carbocycles. The fourth-order valence-corrected chi connectivity index (χ4v) is 2.36. The molecular formula is C13H14ClF3N2O2S. The highest BCUT2D eigenvalue weighted by molar-refractivity contribution is 8.13. The summed E-state index contributed by atoms with van der Waals surface area (Å²) < 4.78 is 35.8. The molecule has 0 aliphatic rings. The van der Waals surface area contributed by atoms with E-state index < -0.39 is 18.1 Å². The van der Waals surface area contributed by atoms with Gasteiger partial charge in [0, 0.05) is 17.3 Å². The Morgan fingerprint density at radius 3 is 2.41 bits per heavy atom. The summed E-state index contributed by atoms with van der Waals surface area (Å²) in [5, 5.41) is 1.90. The van der Waals surface area contributed by atoms with E-state index in [1.165, 1.54) is 0 Å². The van der Waals surface area contributed by atoms with E-state index in [1.54, 1.807) is 29.6 Å². The molecule has 1 aromatic rings. The van der Waals surface area contributed by atoms with Gasteiger partial charge < -0.3 is 11.1 Å². The lowest BCUT2D eigenvalue weighted by atomic mass is 10.2. The molecule has 0 bridgehead atoms. The van der Waals surface area contributed by atoms with Crippen molar-refractivity contribution in [1.29, 1.82) is 0 Å². The van der Waals surface area contributed by atoms with E-state index in [-0.39, 0.29) is 18.1 Å². The van der Waals surface area contributed by atoms with Crippen molar-refractivity contribution in [2.45, 2.75) is 24.4 Å². The highest BCUT2D eigenvalue weighted by Crippen LogP contribution is 2.18. The Bertz CT molecular complexity index is 523. The van der Waals surface area contributed by atoms with Crippen LogP contribution in [-0.4, -0.2) is 29.8 Å². The van der Waals surface area contributed by atoms with Crippen LogP contribution >= 0.6 is 23.4 Å². The summed E-state index contributed by atoms with van der Waals surface area (Å²) in [6.07, 6.45) is -4.99. The van der Waals surface area contributed by atoms with Crippen LogP contribution in [0.1, 0.15) is 12.0 Å². The minimum absolute atomic E-state index is 0.0612. The first kappa shape index (κ1) is 18.8. The normalized spacial score (nSPS) is 12.8. The van der Waals surface area contributed by atoms with Crippen molar-refractivity contribution in [2.24, 2.45) is 5.73 Å². The average Bonchev–Trinajstić information content (AvgIpc) is 2.45. The van der Waals surface area contributed by atoms with Crippen molar-refractivity contribution in [2.75, 3.05) is 6.54 Å². The van der Waals surface area contributed by atoms with Gasteiger partial charge in [-0.15, -0.1) is 0 Å². The summed E-state index contributed by atoms with van der Waals surface area (Å²) in [6, 6.07) is 5.96. The van der Waals surface area contributed by atoms with Crippen LogP contribution in [0, 0.1) is 0 Å². The molecule has 1 atom stereocenters. The maximum Gasteiger partial charge on any atom is 0.471 e. The Kier molecular flexibility index (Phi) is 7.18. The summed E-state index contributed by atoms with van der Waals surface area (Å²) in [5.41, 5.74) is 6.45. The quantitative estimate of drug-likeness (QED) is 0.823. The maximum absolute atomic E-state index is 11.9. The zero-order valence-corrected chi connectivity index (χ0v) is 12.9. The Morgan fingerprint density at radius 1 is 1.27 bits per heavy atom. The van der Waals surface area contributed by atoms with Crippen LogP contribution in [-0.2, 0) is 15.3 Å². The number of benzene rings is 1. The number of hydrogen-bond donors (Lipinski definition) is 2. The molecule has 0 fully saturated rings. The van der Waals surface area contributed by atoms with E-state index in [0.29, 0.717) is 10.8 Å². The number of carbonyl (C=O) groups excluding carboxylic acids is 2. The molecule has 0 aliphatic carbocycles. The van der Waals surface area contributed by atoms with Gasteiger partial charge in [-0.05, 0) is 24.1 Å². The van der Waals surface area contributed by atoms with Gasteiger partial charge in [-0.2, -0.15) is 13.2 Å². The summed E-state index contributed by atoms with van der Waals surface area (Å²) in [6.45, 7) is -0.313. The van der Waals surface area contributed by atoms with E-state index in [2.05, 4.69) is 0 Å². The van der Waals surface area contributed by atoms with Crippen molar-refractivity contribution in [1.82, 2.24) is 5.32 Å². The van der Waals surface area contributed by atoms with Gasteiger partial charge in [0.2, 0.25) is 5.12 Å². The van der Waals surface area contributed by atoms with Crippen molar-refractivity contribution in [3.8, 4) is 0 Å². The third-order valence-electron chi connectivity index (χ3n) is 2.60. The van der Waals surface area contributed by atoms with Gasteiger partial charge in [0.05, 0.1) is 6.04 Å². The SMILES string of the molecule is NC(CCNC(=O)C(F)(F)F)C(=O)SCc1ccc(Cl)cc1. The molecule has 9 heteroatoms. The largest absolute Gasteiger partial charge is 0.471 e. The Balaban J connectivity index is 2.30. The highest BCUT2D eigenvalue weighted by Gasteiger charge is 2.38. The number of alkyl halides is 3. The fraction of sp³-hybridized carbons (Fsp3) is 0.385. The topological polar surface area (TPSA) is 72.2 Å². The standard InChI is InChI=1S/C13H14ClF3N2O2S/c14-9-3-1-8(2-4-9)7-22-11(20)10(18)5-6-19-12(21)13(15,16)17/h1-4,10H,5-7,18H2,(H,19,21). The molecule has 1 rings (SSSR count). The van der Waals surface area contributed by atoms with Gasteiger partial charge in [-0.3, -0.25) is 9.59 Å². The molecule has 1 unspecified atom stereocenters. The molecule has 0 saturated heterocycles. The molecule has 22 heavy (non-hydrogen) atoms. The molecule has 122 valence electrons. The van der Waals surface area contributed by atoms with Gasteiger partial charge in [-0.1, -0.05) is 35.5 Å². The zero-order chi connectivity index (χ0) is 16.8. The summed E-state index contributed by atoms with van der Waals surface area (Å²) in [5.74, 6) is -1.65. The highest BCUT2D eigenvalue weighted by atomic mass is 35.5. The number of hydrogen-bond acceptors (Lipinski definition) is 4. The van der Waals surface area contributed by atoms with E-state index in [0.717, 1.165) is 17.3 Å². The molecule has 0 spiro atoms. The van der Waals surface area contributed by atoms with Gasteiger partial charge in [0.25, 0.3) is 0 Å². The Morgan fingerprint density at radius 2 is 1.86 bits per heavy atom. The Labute approximate surface area is 134 Å². The van der Waals surface area contributed by atoms with Crippen molar-refractivity contribution in [3.63, 3.8) is 0 Å². The monoisotopic (exact) mass is 354 g/mol. The van der Waals surface area contributed by atoms with E-state index >= 15 is 0 Å². The van der Waals surface area contributed by atoms with Crippen molar-refractivity contribution < 1.29 is 22.8 Å². The van der Waals surface area contributed by atoms with Crippen LogP contribution in [0.15, 0.2) is 24.3 Å². The first-order valence-corrected chi connectivity index (χ1v) is 7.58. The van der Waals surface area contributed by atoms with Crippen LogP contribution in [0.25, 0.3) is 0 Å². The molecule has 0 aromatic heterocycles. The number of nitrogens with one attached hydrogen (secondary N) is 1. The van der Waals surface area contributed by atoms with Crippen LogP contribution in [0.3, 0.4) is 0 Å². The zero-order valence-electron chi connectivity index (χ0n) is 11.3. The number of nitrogens with two attached hydrogens (primary N) is 1. The second kappa shape index (κ2) is 8.40. The predicted molar refractivity (Wildman–Crippen MR) is 79.4 cm³/mol. The third-order valence-corrected chi connectivity index (χ3v) is 3.91. The van der Waals surface area contributed by atoms with Crippen LogP contribution < -0.4 is 11.1 Å². The Hall–Kier alpha value is -1.25. The minimum Gasteiger partial charge on any atom is -0.348 e. The number of carbonyl (C=O) groups is 2. The fourth-order valence-electron chi connectivity index (χ4n) is 1.40. The predicted octanol–water partition coefficient (Wildman–Crippen LogP) is 2.50. The van der Waals surface area contributed by atoms with Crippen LogP contribution in [0.5, 0.6) is 0 Å². The van der Waals surface area contributed by atoms with Crippen molar-refractivity contribution >= 4 is 34.4 Å². The van der Waals surface area contributed by atoms with Gasteiger partial charge in [0.15, 0.2) is 0 Å². The maximum atomic E-state index is 11.9. The summed E-state index contributed by atoms with van der Waals surface area (Å²) in [4.78, 5) is 22.3. The smallest absolute Gasteiger partial charge is 0.348 e. The second-order valence-electron chi connectivity index (χ2n) is 4.38.